The Hall–Kier alpha value is -2.14. The maximum absolute atomic E-state index is 12.8. The van der Waals surface area contributed by atoms with E-state index in [-0.39, 0.29) is 11.8 Å². The summed E-state index contributed by atoms with van der Waals surface area (Å²) in [5, 5.41) is 4.75. The van der Waals surface area contributed by atoms with Crippen molar-refractivity contribution in [2.45, 2.75) is 18.9 Å². The number of amides is 2. The summed E-state index contributed by atoms with van der Waals surface area (Å²) in [6.45, 7) is 1.55. The normalized spacial score (nSPS) is 15.5. The van der Waals surface area contributed by atoms with Crippen LogP contribution >= 0.6 is 11.3 Å². The van der Waals surface area contributed by atoms with Gasteiger partial charge in [-0.1, -0.05) is 36.4 Å². The summed E-state index contributed by atoms with van der Waals surface area (Å²) >= 11 is 1.38. The summed E-state index contributed by atoms with van der Waals surface area (Å²) in [7, 11) is 0. The van der Waals surface area contributed by atoms with E-state index in [4.69, 9.17) is 0 Å². The minimum atomic E-state index is -0.617. The maximum atomic E-state index is 12.8. The summed E-state index contributed by atoms with van der Waals surface area (Å²) in [6.07, 6.45) is 2.07. The lowest BCUT2D eigenvalue weighted by atomic mass is 10.1. The fourth-order valence-corrected chi connectivity index (χ4v) is 3.29. The van der Waals surface area contributed by atoms with Gasteiger partial charge in [-0.15, -0.1) is 11.3 Å². The molecule has 1 aliphatic heterocycles. The molecule has 0 spiro atoms. The Morgan fingerprint density at radius 2 is 1.77 bits per heavy atom. The van der Waals surface area contributed by atoms with Gasteiger partial charge in [-0.3, -0.25) is 9.59 Å². The smallest absolute Gasteiger partial charge is 0.262 e. The van der Waals surface area contributed by atoms with E-state index in [2.05, 4.69) is 5.32 Å². The highest BCUT2D eigenvalue weighted by Crippen LogP contribution is 2.20. The number of thiophene rings is 1. The highest BCUT2D eigenvalue weighted by molar-refractivity contribution is 7.12. The van der Waals surface area contributed by atoms with Crippen molar-refractivity contribution in [3.63, 3.8) is 0 Å². The van der Waals surface area contributed by atoms with Gasteiger partial charge in [0.25, 0.3) is 5.91 Å². The molecule has 4 nitrogen and oxygen atoms in total. The highest BCUT2D eigenvalue weighted by Gasteiger charge is 2.29. The molecule has 2 heterocycles. The van der Waals surface area contributed by atoms with Gasteiger partial charge >= 0.3 is 0 Å². The second-order valence-electron chi connectivity index (χ2n) is 5.33. The molecule has 5 heteroatoms. The van der Waals surface area contributed by atoms with Gasteiger partial charge < -0.3 is 10.2 Å². The second-order valence-corrected chi connectivity index (χ2v) is 6.27. The Balaban J connectivity index is 1.82. The lowest BCUT2D eigenvalue weighted by Crippen LogP contribution is -2.41. The molecule has 1 aliphatic rings. The van der Waals surface area contributed by atoms with Crippen molar-refractivity contribution < 1.29 is 9.59 Å². The minimum absolute atomic E-state index is 0.0198. The van der Waals surface area contributed by atoms with E-state index in [1.165, 1.54) is 11.3 Å². The minimum Gasteiger partial charge on any atom is -0.341 e. The van der Waals surface area contributed by atoms with Crippen LogP contribution in [0.25, 0.3) is 0 Å². The molecule has 22 heavy (non-hydrogen) atoms. The van der Waals surface area contributed by atoms with Crippen molar-refractivity contribution in [1.82, 2.24) is 10.2 Å². The highest BCUT2D eigenvalue weighted by atomic mass is 32.1. The third-order valence-electron chi connectivity index (χ3n) is 3.82. The van der Waals surface area contributed by atoms with Crippen LogP contribution in [0.2, 0.25) is 0 Å². The molecule has 0 saturated carbocycles. The summed E-state index contributed by atoms with van der Waals surface area (Å²) in [6, 6.07) is 12.4. The molecule has 0 bridgehead atoms. The first-order valence-corrected chi connectivity index (χ1v) is 8.32. The van der Waals surface area contributed by atoms with Crippen LogP contribution in [0.5, 0.6) is 0 Å². The van der Waals surface area contributed by atoms with E-state index in [1.54, 1.807) is 6.07 Å². The molecule has 0 unspecified atom stereocenters. The number of hydrogen-bond acceptors (Lipinski definition) is 3. The Labute approximate surface area is 133 Å². The number of carbonyl (C=O) groups is 2. The van der Waals surface area contributed by atoms with Crippen molar-refractivity contribution in [3.05, 3.63) is 58.3 Å². The first-order valence-electron chi connectivity index (χ1n) is 7.44. The van der Waals surface area contributed by atoms with Gasteiger partial charge in [0.1, 0.15) is 6.04 Å². The van der Waals surface area contributed by atoms with Crippen molar-refractivity contribution in [2.75, 3.05) is 13.1 Å². The van der Waals surface area contributed by atoms with Gasteiger partial charge in [-0.25, -0.2) is 0 Å². The van der Waals surface area contributed by atoms with Crippen molar-refractivity contribution in [2.24, 2.45) is 0 Å². The van der Waals surface area contributed by atoms with Crippen LogP contribution in [0.3, 0.4) is 0 Å². The third kappa shape index (κ3) is 3.20. The molecule has 1 fully saturated rings. The van der Waals surface area contributed by atoms with Gasteiger partial charge in [0.15, 0.2) is 0 Å². The van der Waals surface area contributed by atoms with Gasteiger partial charge in [-0.2, -0.15) is 0 Å². The van der Waals surface area contributed by atoms with Crippen LogP contribution in [0.4, 0.5) is 0 Å². The molecule has 0 aliphatic carbocycles. The van der Waals surface area contributed by atoms with E-state index >= 15 is 0 Å². The number of rotatable bonds is 4. The average Bonchev–Trinajstić information content (AvgIpc) is 3.25. The lowest BCUT2D eigenvalue weighted by molar-refractivity contribution is -0.132. The molecule has 1 aromatic heterocycles. The van der Waals surface area contributed by atoms with Crippen molar-refractivity contribution in [1.29, 1.82) is 0 Å². The Kier molecular flexibility index (Phi) is 4.53. The van der Waals surface area contributed by atoms with Gasteiger partial charge in [-0.05, 0) is 29.9 Å². The third-order valence-corrected chi connectivity index (χ3v) is 4.69. The Bertz CT molecular complexity index is 634. The van der Waals surface area contributed by atoms with E-state index in [1.807, 2.05) is 46.7 Å². The molecular formula is C17H18N2O2S. The van der Waals surface area contributed by atoms with E-state index in [9.17, 15) is 9.59 Å². The zero-order chi connectivity index (χ0) is 15.4. The Morgan fingerprint density at radius 1 is 1.05 bits per heavy atom. The number of likely N-dealkylation sites (tertiary alicyclic amines) is 1. The van der Waals surface area contributed by atoms with Gasteiger partial charge in [0, 0.05) is 13.1 Å². The SMILES string of the molecule is O=C(N[C@H](C(=O)N1CCCC1)c1ccccc1)c1cccs1. The number of benzene rings is 1. The fourth-order valence-electron chi connectivity index (χ4n) is 2.66. The molecular weight excluding hydrogens is 296 g/mol. The van der Waals surface area contributed by atoms with E-state index < -0.39 is 6.04 Å². The number of hydrogen-bond donors (Lipinski definition) is 1. The monoisotopic (exact) mass is 314 g/mol. The maximum Gasteiger partial charge on any atom is 0.262 e. The molecule has 1 saturated heterocycles. The fraction of sp³-hybridized carbons (Fsp3) is 0.294. The predicted octanol–water partition coefficient (Wildman–Crippen LogP) is 2.84. The van der Waals surface area contributed by atoms with Crippen LogP contribution in [0.15, 0.2) is 47.8 Å². The zero-order valence-corrected chi connectivity index (χ0v) is 13.0. The van der Waals surface area contributed by atoms with Gasteiger partial charge in [0.05, 0.1) is 4.88 Å². The van der Waals surface area contributed by atoms with E-state index in [0.717, 1.165) is 31.5 Å². The molecule has 3 rings (SSSR count). The summed E-state index contributed by atoms with van der Waals surface area (Å²) in [4.78, 5) is 27.6. The van der Waals surface area contributed by atoms with Crippen LogP contribution < -0.4 is 5.32 Å². The zero-order valence-electron chi connectivity index (χ0n) is 12.2. The first kappa shape index (κ1) is 14.8. The average molecular weight is 314 g/mol. The predicted molar refractivity (Wildman–Crippen MR) is 86.8 cm³/mol. The number of nitrogens with zero attached hydrogens (tertiary/aromatic N) is 1. The molecule has 1 aromatic carbocycles. The number of nitrogens with one attached hydrogen (secondary N) is 1. The van der Waals surface area contributed by atoms with Crippen LogP contribution in [-0.4, -0.2) is 29.8 Å². The van der Waals surface area contributed by atoms with Crippen LogP contribution in [0.1, 0.15) is 34.1 Å². The Morgan fingerprint density at radius 3 is 2.41 bits per heavy atom. The molecule has 2 amide bonds. The standard InChI is InChI=1S/C17H18N2O2S/c20-16(14-9-6-12-22-14)18-15(13-7-2-1-3-8-13)17(21)19-10-4-5-11-19/h1-3,6-9,12,15H,4-5,10-11H2,(H,18,20)/t15-/m0/s1. The van der Waals surface area contributed by atoms with Gasteiger partial charge in [0.2, 0.25) is 5.91 Å². The summed E-state index contributed by atoms with van der Waals surface area (Å²) in [5.41, 5.74) is 0.823. The molecule has 1 N–H and O–H groups in total. The molecule has 0 radical (unpaired) electrons. The van der Waals surface area contributed by atoms with Crippen molar-refractivity contribution in [3.8, 4) is 0 Å². The molecule has 2 aromatic rings. The van der Waals surface area contributed by atoms with Crippen LogP contribution in [-0.2, 0) is 4.79 Å². The topological polar surface area (TPSA) is 49.4 Å². The molecule has 114 valence electrons. The second kappa shape index (κ2) is 6.75. The molecule has 1 atom stereocenters. The largest absolute Gasteiger partial charge is 0.341 e. The van der Waals surface area contributed by atoms with Crippen LogP contribution in [0, 0.1) is 0 Å². The van der Waals surface area contributed by atoms with E-state index in [0.29, 0.717) is 4.88 Å². The summed E-state index contributed by atoms with van der Waals surface area (Å²) in [5.74, 6) is -0.218. The lowest BCUT2D eigenvalue weighted by Gasteiger charge is -2.24. The van der Waals surface area contributed by atoms with Crippen molar-refractivity contribution >= 4 is 23.2 Å². The summed E-state index contributed by atoms with van der Waals surface area (Å²) < 4.78 is 0. The quantitative estimate of drug-likeness (QED) is 0.943. The first-order chi connectivity index (χ1) is 10.8. The number of carbonyl (C=O) groups excluding carboxylic acids is 2.